The number of likely N-dealkylation sites (tertiary alicyclic amines) is 1. The number of benzene rings is 2. The first kappa shape index (κ1) is 15.0. The van der Waals surface area contributed by atoms with Crippen LogP contribution in [0.4, 0.5) is 14.9 Å². The molecule has 5 heteroatoms. The van der Waals surface area contributed by atoms with Gasteiger partial charge in [0.25, 0.3) is 0 Å². The van der Waals surface area contributed by atoms with Crippen LogP contribution in [0.15, 0.2) is 53.0 Å². The van der Waals surface area contributed by atoms with E-state index in [0.29, 0.717) is 6.54 Å². The maximum atomic E-state index is 13.4. The highest BCUT2D eigenvalue weighted by Gasteiger charge is 2.30. The lowest BCUT2D eigenvalue weighted by molar-refractivity contribution is 0.207. The number of hydrogen-bond donors (Lipinski definition) is 1. The summed E-state index contributed by atoms with van der Waals surface area (Å²) in [4.78, 5) is 14.3. The van der Waals surface area contributed by atoms with Gasteiger partial charge in [-0.3, -0.25) is 0 Å². The predicted octanol–water partition coefficient (Wildman–Crippen LogP) is 4.96. The van der Waals surface area contributed by atoms with Crippen molar-refractivity contribution in [2.24, 2.45) is 0 Å². The Labute approximate surface area is 137 Å². The van der Waals surface area contributed by atoms with Crippen molar-refractivity contribution >= 4 is 27.6 Å². The van der Waals surface area contributed by atoms with Crippen LogP contribution in [0.2, 0.25) is 0 Å². The normalized spacial score (nSPS) is 17.5. The molecular weight excluding hydrogens is 347 g/mol. The van der Waals surface area contributed by atoms with Gasteiger partial charge in [0.05, 0.1) is 11.7 Å². The first-order chi connectivity index (χ1) is 10.6. The molecule has 2 aromatic rings. The minimum atomic E-state index is -0.268. The molecule has 1 aliphatic rings. The Morgan fingerprint density at radius 2 is 2.05 bits per heavy atom. The molecule has 1 fully saturated rings. The van der Waals surface area contributed by atoms with Crippen LogP contribution < -0.4 is 5.32 Å². The van der Waals surface area contributed by atoms with Gasteiger partial charge < -0.3 is 10.2 Å². The number of carbonyl (C=O) groups excluding carboxylic acids is 1. The molecule has 0 aliphatic carbocycles. The summed E-state index contributed by atoms with van der Waals surface area (Å²) in [6, 6.07) is 13.7. The van der Waals surface area contributed by atoms with Crippen LogP contribution in [0.3, 0.4) is 0 Å². The SMILES string of the molecule is O=C(Nc1ccccc1Br)N1CCC[C@H]1c1cccc(F)c1. The van der Waals surface area contributed by atoms with Crippen LogP contribution in [0.1, 0.15) is 24.4 Å². The van der Waals surface area contributed by atoms with Crippen LogP contribution in [-0.2, 0) is 0 Å². The highest BCUT2D eigenvalue weighted by molar-refractivity contribution is 9.10. The zero-order valence-corrected chi connectivity index (χ0v) is 13.5. The third kappa shape index (κ3) is 3.14. The second kappa shape index (κ2) is 6.48. The number of amides is 2. The van der Waals surface area contributed by atoms with E-state index in [4.69, 9.17) is 0 Å². The zero-order chi connectivity index (χ0) is 15.5. The van der Waals surface area contributed by atoms with E-state index >= 15 is 0 Å². The second-order valence-corrected chi connectivity index (χ2v) is 6.17. The third-order valence-corrected chi connectivity index (χ3v) is 4.55. The van der Waals surface area contributed by atoms with E-state index in [2.05, 4.69) is 21.2 Å². The summed E-state index contributed by atoms with van der Waals surface area (Å²) >= 11 is 3.42. The molecule has 2 amide bonds. The minimum Gasteiger partial charge on any atom is -0.317 e. The highest BCUT2D eigenvalue weighted by Crippen LogP contribution is 2.33. The molecule has 1 atom stereocenters. The van der Waals surface area contributed by atoms with Crippen LogP contribution >= 0.6 is 15.9 Å². The average molecular weight is 363 g/mol. The predicted molar refractivity (Wildman–Crippen MR) is 88.2 cm³/mol. The molecule has 0 radical (unpaired) electrons. The number of para-hydroxylation sites is 1. The molecule has 1 N–H and O–H groups in total. The van der Waals surface area contributed by atoms with Crippen molar-refractivity contribution in [3.63, 3.8) is 0 Å². The van der Waals surface area contributed by atoms with Crippen molar-refractivity contribution < 1.29 is 9.18 Å². The summed E-state index contributed by atoms with van der Waals surface area (Å²) in [5.74, 6) is -0.268. The van der Waals surface area contributed by atoms with Gasteiger partial charge in [-0.2, -0.15) is 0 Å². The van der Waals surface area contributed by atoms with Crippen LogP contribution in [0.5, 0.6) is 0 Å². The molecule has 1 heterocycles. The number of rotatable bonds is 2. The fraction of sp³-hybridized carbons (Fsp3) is 0.235. The molecule has 3 nitrogen and oxygen atoms in total. The Morgan fingerprint density at radius 1 is 1.23 bits per heavy atom. The smallest absolute Gasteiger partial charge is 0.317 e. The van der Waals surface area contributed by atoms with Crippen molar-refractivity contribution in [3.05, 3.63) is 64.4 Å². The van der Waals surface area contributed by atoms with Crippen LogP contribution in [0.25, 0.3) is 0 Å². The molecule has 114 valence electrons. The number of urea groups is 1. The Bertz CT molecular complexity index is 692. The molecule has 0 spiro atoms. The van der Waals surface area contributed by atoms with Crippen LogP contribution in [0, 0.1) is 5.82 Å². The van der Waals surface area contributed by atoms with Crippen molar-refractivity contribution in [1.82, 2.24) is 4.90 Å². The lowest BCUT2D eigenvalue weighted by Gasteiger charge is -2.25. The number of nitrogens with one attached hydrogen (secondary N) is 1. The van der Waals surface area contributed by atoms with E-state index in [-0.39, 0.29) is 17.9 Å². The lowest BCUT2D eigenvalue weighted by atomic mass is 10.0. The fourth-order valence-electron chi connectivity index (χ4n) is 2.82. The Morgan fingerprint density at radius 3 is 2.82 bits per heavy atom. The molecule has 0 bridgehead atoms. The number of carbonyl (C=O) groups is 1. The monoisotopic (exact) mass is 362 g/mol. The summed E-state index contributed by atoms with van der Waals surface area (Å²) in [6.45, 7) is 0.678. The van der Waals surface area contributed by atoms with Crippen molar-refractivity contribution in [3.8, 4) is 0 Å². The maximum Gasteiger partial charge on any atom is 0.322 e. The van der Waals surface area contributed by atoms with Crippen LogP contribution in [-0.4, -0.2) is 17.5 Å². The quantitative estimate of drug-likeness (QED) is 0.804. The van der Waals surface area contributed by atoms with Gasteiger partial charge in [0.1, 0.15) is 5.82 Å². The third-order valence-electron chi connectivity index (χ3n) is 3.86. The number of halogens is 2. The first-order valence-corrected chi connectivity index (χ1v) is 8.02. The molecule has 1 aliphatic heterocycles. The van der Waals surface area contributed by atoms with E-state index in [0.717, 1.165) is 28.6 Å². The number of anilines is 1. The molecule has 1 saturated heterocycles. The molecule has 0 saturated carbocycles. The first-order valence-electron chi connectivity index (χ1n) is 7.23. The van der Waals surface area contributed by atoms with E-state index < -0.39 is 0 Å². The lowest BCUT2D eigenvalue weighted by Crippen LogP contribution is -2.34. The zero-order valence-electron chi connectivity index (χ0n) is 11.9. The minimum absolute atomic E-state index is 0.0711. The van der Waals surface area contributed by atoms with Gasteiger partial charge in [0, 0.05) is 11.0 Å². The van der Waals surface area contributed by atoms with Gasteiger partial charge in [0.2, 0.25) is 0 Å². The molecule has 2 aromatic carbocycles. The van der Waals surface area contributed by atoms with E-state index in [1.165, 1.54) is 12.1 Å². The Hall–Kier alpha value is -1.88. The van der Waals surface area contributed by atoms with E-state index in [9.17, 15) is 9.18 Å². The maximum absolute atomic E-state index is 13.4. The van der Waals surface area contributed by atoms with E-state index in [1.807, 2.05) is 30.3 Å². The summed E-state index contributed by atoms with van der Waals surface area (Å²) in [7, 11) is 0. The molecular formula is C17H16BrFN2O. The summed E-state index contributed by atoms with van der Waals surface area (Å²) in [5.41, 5.74) is 1.58. The summed E-state index contributed by atoms with van der Waals surface area (Å²) in [6.07, 6.45) is 1.78. The van der Waals surface area contributed by atoms with E-state index in [1.54, 1.807) is 11.0 Å². The van der Waals surface area contributed by atoms with Gasteiger partial charge in [-0.05, 0) is 58.6 Å². The molecule has 3 rings (SSSR count). The Balaban J connectivity index is 1.78. The summed E-state index contributed by atoms with van der Waals surface area (Å²) < 4.78 is 14.3. The fourth-order valence-corrected chi connectivity index (χ4v) is 3.20. The van der Waals surface area contributed by atoms with Gasteiger partial charge in [0.15, 0.2) is 0 Å². The molecule has 0 aromatic heterocycles. The molecule has 22 heavy (non-hydrogen) atoms. The van der Waals surface area contributed by atoms with Gasteiger partial charge in [-0.1, -0.05) is 24.3 Å². The van der Waals surface area contributed by atoms with Crippen molar-refractivity contribution in [2.45, 2.75) is 18.9 Å². The average Bonchev–Trinajstić information content (AvgIpc) is 2.99. The van der Waals surface area contributed by atoms with Crippen molar-refractivity contribution in [2.75, 3.05) is 11.9 Å². The summed E-state index contributed by atoms with van der Waals surface area (Å²) in [5, 5.41) is 2.91. The van der Waals surface area contributed by atoms with Crippen molar-refractivity contribution in [1.29, 1.82) is 0 Å². The Kier molecular flexibility index (Phi) is 4.43. The van der Waals surface area contributed by atoms with Gasteiger partial charge in [-0.25, -0.2) is 9.18 Å². The number of hydrogen-bond acceptors (Lipinski definition) is 1. The topological polar surface area (TPSA) is 32.3 Å². The van der Waals surface area contributed by atoms with Gasteiger partial charge in [-0.15, -0.1) is 0 Å². The highest BCUT2D eigenvalue weighted by atomic mass is 79.9. The number of nitrogens with zero attached hydrogens (tertiary/aromatic N) is 1. The second-order valence-electron chi connectivity index (χ2n) is 5.32. The standard InChI is InChI=1S/C17H16BrFN2O/c18-14-7-1-2-8-15(14)20-17(22)21-10-4-9-16(21)12-5-3-6-13(19)11-12/h1-3,5-8,11,16H,4,9-10H2,(H,20,22)/t16-/m0/s1. The van der Waals surface area contributed by atoms with Gasteiger partial charge >= 0.3 is 6.03 Å². The largest absolute Gasteiger partial charge is 0.322 e. The molecule has 0 unspecified atom stereocenters.